The maximum atomic E-state index is 13.1. The summed E-state index contributed by atoms with van der Waals surface area (Å²) in [6.07, 6.45) is 2.31. The normalized spacial score (nSPS) is 16.3. The molecular formula is C23H30F3N3O4S. The molecule has 1 heterocycles. The van der Waals surface area contributed by atoms with E-state index in [9.17, 15) is 22.8 Å². The number of thiazole rings is 1. The number of nitrogens with two attached hydrogens (primary N) is 1. The van der Waals surface area contributed by atoms with Crippen LogP contribution in [0.15, 0.2) is 24.3 Å². The first kappa shape index (κ1) is 27.7. The maximum absolute atomic E-state index is 13.1. The molecule has 1 aromatic carbocycles. The summed E-state index contributed by atoms with van der Waals surface area (Å²) in [6.45, 7) is 2.62. The second-order valence-corrected chi connectivity index (χ2v) is 9.62. The van der Waals surface area contributed by atoms with Crippen LogP contribution in [0.2, 0.25) is 0 Å². The zero-order chi connectivity index (χ0) is 25.4. The summed E-state index contributed by atoms with van der Waals surface area (Å²) < 4.78 is 32.7. The molecule has 1 unspecified atom stereocenters. The van der Waals surface area contributed by atoms with Gasteiger partial charge in [-0.15, -0.1) is 11.3 Å². The van der Waals surface area contributed by atoms with E-state index in [0.29, 0.717) is 18.0 Å². The quantitative estimate of drug-likeness (QED) is 0.356. The van der Waals surface area contributed by atoms with Crippen LogP contribution < -0.4 is 11.1 Å². The number of ketones is 1. The molecule has 1 fully saturated rings. The highest BCUT2D eigenvalue weighted by Gasteiger charge is 2.38. The molecule has 7 nitrogen and oxygen atoms in total. The number of hydrogen-bond donors (Lipinski definition) is 3. The van der Waals surface area contributed by atoms with E-state index in [1.54, 1.807) is 0 Å². The summed E-state index contributed by atoms with van der Waals surface area (Å²) in [5.41, 5.74) is 6.08. The van der Waals surface area contributed by atoms with Crippen molar-refractivity contribution in [2.45, 2.75) is 70.5 Å². The van der Waals surface area contributed by atoms with Crippen LogP contribution in [0, 0.1) is 5.41 Å². The molecule has 0 saturated heterocycles. The highest BCUT2D eigenvalue weighted by atomic mass is 32.1. The minimum atomic E-state index is -5.08. The molecule has 1 aromatic heterocycles. The van der Waals surface area contributed by atoms with Gasteiger partial charge < -0.3 is 16.2 Å². The molecule has 4 N–H and O–H groups in total. The fourth-order valence-electron chi connectivity index (χ4n) is 3.78. The van der Waals surface area contributed by atoms with Crippen molar-refractivity contribution in [2.24, 2.45) is 11.1 Å². The van der Waals surface area contributed by atoms with Gasteiger partial charge in [0.05, 0.1) is 16.3 Å². The van der Waals surface area contributed by atoms with Gasteiger partial charge in [-0.25, -0.2) is 9.78 Å². The number of unbranched alkanes of at least 4 members (excludes halogenated alkanes) is 1. The van der Waals surface area contributed by atoms with E-state index >= 15 is 0 Å². The van der Waals surface area contributed by atoms with Gasteiger partial charge in [-0.05, 0) is 50.8 Å². The lowest BCUT2D eigenvalue weighted by Crippen LogP contribution is -2.48. The van der Waals surface area contributed by atoms with E-state index in [2.05, 4.69) is 10.3 Å². The van der Waals surface area contributed by atoms with Gasteiger partial charge in [-0.2, -0.15) is 13.2 Å². The maximum Gasteiger partial charge on any atom is 0.490 e. The van der Waals surface area contributed by atoms with Crippen molar-refractivity contribution in [2.75, 3.05) is 6.54 Å². The summed E-state index contributed by atoms with van der Waals surface area (Å²) in [5.74, 6) is -2.83. The molecule has 0 spiro atoms. The third kappa shape index (κ3) is 7.76. The fourth-order valence-corrected chi connectivity index (χ4v) is 4.74. The van der Waals surface area contributed by atoms with Gasteiger partial charge in [0, 0.05) is 5.41 Å². The summed E-state index contributed by atoms with van der Waals surface area (Å²) in [6, 6.07) is 7.21. The lowest BCUT2D eigenvalue weighted by atomic mass is 9.75. The average Bonchev–Trinajstić information content (AvgIpc) is 3.22. The average molecular weight is 502 g/mol. The van der Waals surface area contributed by atoms with Crippen molar-refractivity contribution < 1.29 is 32.7 Å². The molecule has 11 heteroatoms. The Bertz CT molecular complexity index is 954. The van der Waals surface area contributed by atoms with E-state index in [1.807, 2.05) is 31.2 Å². The highest BCUT2D eigenvalue weighted by Crippen LogP contribution is 2.36. The zero-order valence-electron chi connectivity index (χ0n) is 19.0. The Balaban J connectivity index is 0.000000509. The highest BCUT2D eigenvalue weighted by molar-refractivity contribution is 7.20. The van der Waals surface area contributed by atoms with Crippen LogP contribution in [0.4, 0.5) is 13.2 Å². The first-order valence-electron chi connectivity index (χ1n) is 11.2. The number of fused-ring (bicyclic) bond motifs is 1. The Morgan fingerprint density at radius 3 is 2.35 bits per heavy atom. The smallest absolute Gasteiger partial charge is 0.475 e. The first-order valence-corrected chi connectivity index (χ1v) is 12.0. The molecule has 1 atom stereocenters. The number of amides is 1. The number of aromatic nitrogens is 1. The molecule has 1 amide bonds. The Labute approximate surface area is 199 Å². The van der Waals surface area contributed by atoms with E-state index in [-0.39, 0.29) is 17.1 Å². The molecular weight excluding hydrogens is 471 g/mol. The number of nitrogens with one attached hydrogen (secondary N) is 1. The van der Waals surface area contributed by atoms with Crippen LogP contribution >= 0.6 is 11.3 Å². The van der Waals surface area contributed by atoms with Crippen LogP contribution in [-0.4, -0.2) is 46.5 Å². The van der Waals surface area contributed by atoms with E-state index < -0.39 is 18.2 Å². The number of para-hydroxylation sites is 1. The predicted molar refractivity (Wildman–Crippen MR) is 124 cm³/mol. The van der Waals surface area contributed by atoms with Crippen LogP contribution in [0.1, 0.15) is 68.1 Å². The molecule has 2 aromatic rings. The molecule has 0 bridgehead atoms. The molecule has 1 aliphatic rings. The Morgan fingerprint density at radius 1 is 1.18 bits per heavy atom. The Morgan fingerprint density at radius 2 is 1.79 bits per heavy atom. The number of aliphatic carboxylic acids is 1. The number of carbonyl (C=O) groups is 3. The number of carboxylic acids is 1. The zero-order valence-corrected chi connectivity index (χ0v) is 19.8. The van der Waals surface area contributed by atoms with Gasteiger partial charge in [0.25, 0.3) is 0 Å². The molecule has 188 valence electrons. The fraction of sp³-hybridized carbons (Fsp3) is 0.565. The van der Waals surface area contributed by atoms with Crippen molar-refractivity contribution in [3.05, 3.63) is 29.3 Å². The third-order valence-electron chi connectivity index (χ3n) is 5.82. The Kier molecular flexibility index (Phi) is 9.99. The summed E-state index contributed by atoms with van der Waals surface area (Å²) >= 11 is 1.40. The number of nitrogens with zero attached hydrogens (tertiary/aromatic N) is 1. The minimum absolute atomic E-state index is 0.00871. The summed E-state index contributed by atoms with van der Waals surface area (Å²) in [5, 5.41) is 10.7. The number of carboxylic acid groups (broad SMARTS) is 1. The monoisotopic (exact) mass is 501 g/mol. The number of rotatable bonds is 8. The summed E-state index contributed by atoms with van der Waals surface area (Å²) in [7, 11) is 0. The number of Topliss-reactive ketones (excluding diaryl/α,β-unsaturated/α-hetero) is 1. The number of alkyl halides is 3. The van der Waals surface area contributed by atoms with Crippen molar-refractivity contribution >= 4 is 39.2 Å². The number of halogens is 3. The lowest BCUT2D eigenvalue weighted by molar-refractivity contribution is -0.192. The first-order chi connectivity index (χ1) is 16.0. The van der Waals surface area contributed by atoms with Gasteiger partial charge >= 0.3 is 12.1 Å². The lowest BCUT2D eigenvalue weighted by Gasteiger charge is -2.33. The number of hydrogen-bond acceptors (Lipinski definition) is 6. The van der Waals surface area contributed by atoms with Gasteiger partial charge in [-0.1, -0.05) is 38.3 Å². The molecule has 0 aliphatic heterocycles. The van der Waals surface area contributed by atoms with Crippen LogP contribution in [0.3, 0.4) is 0 Å². The molecule has 1 aliphatic carbocycles. The van der Waals surface area contributed by atoms with Crippen molar-refractivity contribution in [1.82, 2.24) is 10.3 Å². The van der Waals surface area contributed by atoms with Crippen molar-refractivity contribution in [3.63, 3.8) is 0 Å². The van der Waals surface area contributed by atoms with E-state index in [1.165, 1.54) is 17.8 Å². The van der Waals surface area contributed by atoms with Gasteiger partial charge in [0.1, 0.15) is 0 Å². The van der Waals surface area contributed by atoms with Crippen LogP contribution in [0.5, 0.6) is 0 Å². The standard InChI is InChI=1S/C21H29N3O2S.C2HF3O2/c1-21(12-6-2-7-13-21)20(26)24-16(10-5-8-14-22)18(25)19-23-15-9-3-4-11-17(15)27-19;3-2(4,5)1(6)7/h3-4,9,11,16H,2,5-8,10,12-14,22H2,1H3,(H,24,26);(H,6,7). The minimum Gasteiger partial charge on any atom is -0.475 e. The molecule has 3 rings (SSSR count). The second kappa shape index (κ2) is 12.3. The van der Waals surface area contributed by atoms with E-state index in [0.717, 1.165) is 48.7 Å². The van der Waals surface area contributed by atoms with Crippen molar-refractivity contribution in [3.8, 4) is 0 Å². The Hall–Kier alpha value is -2.53. The van der Waals surface area contributed by atoms with Gasteiger partial charge in [-0.3, -0.25) is 9.59 Å². The van der Waals surface area contributed by atoms with Gasteiger partial charge in [0.15, 0.2) is 5.01 Å². The third-order valence-corrected chi connectivity index (χ3v) is 6.87. The van der Waals surface area contributed by atoms with E-state index in [4.69, 9.17) is 15.6 Å². The van der Waals surface area contributed by atoms with Crippen LogP contribution in [0.25, 0.3) is 10.2 Å². The topological polar surface area (TPSA) is 122 Å². The summed E-state index contributed by atoms with van der Waals surface area (Å²) in [4.78, 5) is 39.5. The van der Waals surface area contributed by atoms with Crippen LogP contribution in [-0.2, 0) is 9.59 Å². The molecule has 34 heavy (non-hydrogen) atoms. The predicted octanol–water partition coefficient (Wildman–Crippen LogP) is 4.70. The number of benzene rings is 1. The largest absolute Gasteiger partial charge is 0.490 e. The van der Waals surface area contributed by atoms with Crippen molar-refractivity contribution in [1.29, 1.82) is 0 Å². The van der Waals surface area contributed by atoms with Gasteiger partial charge in [0.2, 0.25) is 11.7 Å². The number of carbonyl (C=O) groups excluding carboxylic acids is 2. The molecule has 0 radical (unpaired) electrons. The molecule has 1 saturated carbocycles. The second-order valence-electron chi connectivity index (χ2n) is 8.59. The SMILES string of the molecule is CC1(C(=O)NC(CCCCN)C(=O)c2nc3ccccc3s2)CCCCC1.O=C(O)C(F)(F)F.